The van der Waals surface area contributed by atoms with Gasteiger partial charge in [-0.1, -0.05) is 0 Å². The van der Waals surface area contributed by atoms with Crippen molar-refractivity contribution in [3.63, 3.8) is 0 Å². The van der Waals surface area contributed by atoms with Crippen LogP contribution < -0.4 is 4.74 Å². The van der Waals surface area contributed by atoms with Gasteiger partial charge in [-0.05, 0) is 47.7 Å². The summed E-state index contributed by atoms with van der Waals surface area (Å²) in [6, 6.07) is 5.62. The van der Waals surface area contributed by atoms with Gasteiger partial charge in [-0.2, -0.15) is 5.26 Å². The maximum atomic E-state index is 8.81. The third-order valence-corrected chi connectivity index (χ3v) is 3.16. The zero-order valence-electron chi connectivity index (χ0n) is 8.24. The highest BCUT2D eigenvalue weighted by Crippen LogP contribution is 2.24. The van der Waals surface area contributed by atoms with Gasteiger partial charge in [0, 0.05) is 6.07 Å². The minimum Gasteiger partial charge on any atom is -0.474 e. The molecule has 0 spiro atoms. The number of nitriles is 1. The van der Waals surface area contributed by atoms with Crippen molar-refractivity contribution in [3.8, 4) is 11.9 Å². The Morgan fingerprint density at radius 1 is 1.40 bits per heavy atom. The number of nitrogens with zero attached hydrogens (tertiary/aromatic N) is 2. The average molecular weight is 267 g/mol. The number of hydrogen-bond donors (Lipinski definition) is 0. The molecule has 1 saturated carbocycles. The van der Waals surface area contributed by atoms with Gasteiger partial charge >= 0.3 is 0 Å². The van der Waals surface area contributed by atoms with Gasteiger partial charge in [-0.3, -0.25) is 0 Å². The van der Waals surface area contributed by atoms with E-state index in [2.05, 4.69) is 20.9 Å². The fraction of sp³-hybridized carbons (Fsp3) is 0.455. The molecule has 0 aliphatic heterocycles. The Kier molecular flexibility index (Phi) is 3.22. The molecule has 0 atom stereocenters. The fourth-order valence-corrected chi connectivity index (χ4v) is 2.05. The Labute approximate surface area is 97.2 Å². The van der Waals surface area contributed by atoms with Crippen molar-refractivity contribution in [3.05, 3.63) is 22.3 Å². The van der Waals surface area contributed by atoms with E-state index >= 15 is 0 Å². The molecule has 0 aromatic carbocycles. The molecule has 1 fully saturated rings. The van der Waals surface area contributed by atoms with E-state index in [0.717, 1.165) is 12.8 Å². The van der Waals surface area contributed by atoms with E-state index < -0.39 is 0 Å². The van der Waals surface area contributed by atoms with Gasteiger partial charge < -0.3 is 4.74 Å². The molecule has 1 heterocycles. The van der Waals surface area contributed by atoms with Crippen LogP contribution >= 0.6 is 15.9 Å². The topological polar surface area (TPSA) is 45.9 Å². The van der Waals surface area contributed by atoms with Crippen LogP contribution in [0, 0.1) is 11.3 Å². The highest BCUT2D eigenvalue weighted by molar-refractivity contribution is 9.10. The third-order valence-electron chi connectivity index (χ3n) is 2.52. The SMILES string of the molecule is N#Cc1nc(OC2CCCC2)ccc1Br. The number of aromatic nitrogens is 1. The molecule has 78 valence electrons. The van der Waals surface area contributed by atoms with E-state index in [1.165, 1.54) is 12.8 Å². The highest BCUT2D eigenvalue weighted by atomic mass is 79.9. The van der Waals surface area contributed by atoms with Crippen molar-refractivity contribution < 1.29 is 4.74 Å². The zero-order valence-corrected chi connectivity index (χ0v) is 9.83. The van der Waals surface area contributed by atoms with Gasteiger partial charge in [0.15, 0.2) is 5.69 Å². The first-order valence-electron chi connectivity index (χ1n) is 5.03. The summed E-state index contributed by atoms with van der Waals surface area (Å²) in [7, 11) is 0. The van der Waals surface area contributed by atoms with Gasteiger partial charge in [0.2, 0.25) is 5.88 Å². The third kappa shape index (κ3) is 2.48. The average Bonchev–Trinajstić information content (AvgIpc) is 2.73. The Bertz CT molecular complexity index is 394. The van der Waals surface area contributed by atoms with Crippen molar-refractivity contribution >= 4 is 15.9 Å². The van der Waals surface area contributed by atoms with E-state index in [4.69, 9.17) is 10.00 Å². The van der Waals surface area contributed by atoms with Crippen molar-refractivity contribution in [1.29, 1.82) is 5.26 Å². The Morgan fingerprint density at radius 2 is 2.13 bits per heavy atom. The van der Waals surface area contributed by atoms with Crippen LogP contribution in [0.1, 0.15) is 31.4 Å². The first-order chi connectivity index (χ1) is 7.29. The summed E-state index contributed by atoms with van der Waals surface area (Å²) in [4.78, 5) is 4.12. The molecule has 1 aliphatic carbocycles. The number of pyridine rings is 1. The van der Waals surface area contributed by atoms with E-state index in [9.17, 15) is 0 Å². The molecule has 2 rings (SSSR count). The molecule has 0 radical (unpaired) electrons. The molecule has 1 aromatic rings. The largest absolute Gasteiger partial charge is 0.474 e. The maximum absolute atomic E-state index is 8.81. The molecule has 0 bridgehead atoms. The molecule has 15 heavy (non-hydrogen) atoms. The summed E-state index contributed by atoms with van der Waals surface area (Å²) in [6.07, 6.45) is 4.93. The van der Waals surface area contributed by atoms with Crippen molar-refractivity contribution in [1.82, 2.24) is 4.98 Å². The predicted octanol–water partition coefficient (Wildman–Crippen LogP) is 3.04. The lowest BCUT2D eigenvalue weighted by Crippen LogP contribution is -2.12. The quantitative estimate of drug-likeness (QED) is 0.827. The minimum atomic E-state index is 0.283. The lowest BCUT2D eigenvalue weighted by Gasteiger charge is -2.11. The second kappa shape index (κ2) is 4.63. The van der Waals surface area contributed by atoms with Crippen LogP contribution in [0.15, 0.2) is 16.6 Å². The number of halogens is 1. The molecule has 3 nitrogen and oxygen atoms in total. The molecule has 1 aliphatic rings. The van der Waals surface area contributed by atoms with Crippen LogP contribution in [0.4, 0.5) is 0 Å². The molecule has 0 N–H and O–H groups in total. The number of ether oxygens (including phenoxy) is 1. The molecule has 1 aromatic heterocycles. The predicted molar refractivity (Wildman–Crippen MR) is 59.5 cm³/mol. The van der Waals surface area contributed by atoms with Crippen LogP contribution in [0.25, 0.3) is 0 Å². The first kappa shape index (κ1) is 10.4. The van der Waals surface area contributed by atoms with Gasteiger partial charge in [-0.25, -0.2) is 4.98 Å². The summed E-state index contributed by atoms with van der Waals surface area (Å²) in [6.45, 7) is 0. The van der Waals surface area contributed by atoms with E-state index in [0.29, 0.717) is 16.0 Å². The molecule has 0 amide bonds. The van der Waals surface area contributed by atoms with E-state index in [-0.39, 0.29) is 6.10 Å². The summed E-state index contributed by atoms with van der Waals surface area (Å²) in [5, 5.41) is 8.81. The number of rotatable bonds is 2. The lowest BCUT2D eigenvalue weighted by molar-refractivity contribution is 0.201. The molecular formula is C11H11BrN2O. The van der Waals surface area contributed by atoms with Crippen molar-refractivity contribution in [2.45, 2.75) is 31.8 Å². The summed E-state index contributed by atoms with van der Waals surface area (Å²) in [5.74, 6) is 0.557. The second-order valence-electron chi connectivity index (χ2n) is 3.62. The maximum Gasteiger partial charge on any atom is 0.214 e. The van der Waals surface area contributed by atoms with Gasteiger partial charge in [0.1, 0.15) is 12.2 Å². The Morgan fingerprint density at radius 3 is 2.80 bits per heavy atom. The Balaban J connectivity index is 2.11. The van der Waals surface area contributed by atoms with Crippen LogP contribution in [0.5, 0.6) is 5.88 Å². The molecule has 0 unspecified atom stereocenters. The van der Waals surface area contributed by atoms with Crippen LogP contribution in [0.2, 0.25) is 0 Å². The standard InChI is InChI=1S/C11H11BrN2O/c12-9-5-6-11(14-10(9)7-13)15-8-3-1-2-4-8/h5-6,8H,1-4H2. The molecular weight excluding hydrogens is 256 g/mol. The van der Waals surface area contributed by atoms with Gasteiger partial charge in [-0.15, -0.1) is 0 Å². The van der Waals surface area contributed by atoms with E-state index in [1.54, 1.807) is 12.1 Å². The van der Waals surface area contributed by atoms with Crippen molar-refractivity contribution in [2.24, 2.45) is 0 Å². The normalized spacial score (nSPS) is 16.3. The van der Waals surface area contributed by atoms with Crippen LogP contribution in [-0.4, -0.2) is 11.1 Å². The van der Waals surface area contributed by atoms with Gasteiger partial charge in [0.05, 0.1) is 4.47 Å². The highest BCUT2D eigenvalue weighted by Gasteiger charge is 2.17. The Hall–Kier alpha value is -1.08. The second-order valence-corrected chi connectivity index (χ2v) is 4.47. The lowest BCUT2D eigenvalue weighted by atomic mass is 10.3. The smallest absolute Gasteiger partial charge is 0.214 e. The van der Waals surface area contributed by atoms with Crippen molar-refractivity contribution in [2.75, 3.05) is 0 Å². The van der Waals surface area contributed by atoms with Crippen LogP contribution in [-0.2, 0) is 0 Å². The monoisotopic (exact) mass is 266 g/mol. The zero-order chi connectivity index (χ0) is 10.7. The summed E-state index contributed by atoms with van der Waals surface area (Å²) in [5.41, 5.74) is 0.380. The van der Waals surface area contributed by atoms with Crippen LogP contribution in [0.3, 0.4) is 0 Å². The summed E-state index contributed by atoms with van der Waals surface area (Å²) < 4.78 is 6.40. The first-order valence-corrected chi connectivity index (χ1v) is 5.82. The molecule has 4 heteroatoms. The van der Waals surface area contributed by atoms with E-state index in [1.807, 2.05) is 6.07 Å². The number of hydrogen-bond acceptors (Lipinski definition) is 3. The van der Waals surface area contributed by atoms with Gasteiger partial charge in [0.25, 0.3) is 0 Å². The summed E-state index contributed by atoms with van der Waals surface area (Å²) >= 11 is 3.26. The molecule has 0 saturated heterocycles. The minimum absolute atomic E-state index is 0.283. The fourth-order valence-electron chi connectivity index (χ4n) is 1.75.